The summed E-state index contributed by atoms with van der Waals surface area (Å²) in [4.78, 5) is 0. The van der Waals surface area contributed by atoms with E-state index in [9.17, 15) is 12.1 Å². The van der Waals surface area contributed by atoms with Crippen molar-refractivity contribution in [2.75, 3.05) is 0 Å². The molecule has 0 saturated carbocycles. The van der Waals surface area contributed by atoms with Crippen molar-refractivity contribution in [1.82, 2.24) is 0 Å². The molecule has 0 heterocycles. The van der Waals surface area contributed by atoms with Crippen LogP contribution in [0.15, 0.2) is 0 Å². The molecule has 0 fully saturated rings. The van der Waals surface area contributed by atoms with E-state index >= 15 is 0 Å². The van der Waals surface area contributed by atoms with Crippen LogP contribution in [0.1, 0.15) is 0 Å². The van der Waals surface area contributed by atoms with Gasteiger partial charge >= 0.3 is 41.8 Å². The Kier molecular flexibility index (Phi) is 5.52. The van der Waals surface area contributed by atoms with Crippen molar-refractivity contribution in [1.29, 1.82) is 0 Å². The fourth-order valence-electron chi connectivity index (χ4n) is 0. The van der Waals surface area contributed by atoms with Gasteiger partial charge < -0.3 is 0 Å². The molecule has 0 aromatic rings. The molecule has 10 heavy (non-hydrogen) atoms. The van der Waals surface area contributed by atoms with Crippen molar-refractivity contribution in [3.8, 4) is 0 Å². The third-order valence-electron chi connectivity index (χ3n) is 0. The van der Waals surface area contributed by atoms with Crippen LogP contribution in [0.3, 0.4) is 0 Å². The number of hydrogen-bond acceptors (Lipinski definition) is 2. The summed E-state index contributed by atoms with van der Waals surface area (Å²) in [6.45, 7) is 0. The quantitative estimate of drug-likeness (QED) is 0.395. The molecule has 0 unspecified atom stereocenters. The summed E-state index contributed by atoms with van der Waals surface area (Å²) in [5, 5.41) is 0. The minimum absolute atomic E-state index is 4.67. The van der Waals surface area contributed by atoms with E-state index in [4.69, 9.17) is 17.5 Å². The Morgan fingerprint density at radius 1 is 1.00 bits per heavy atom. The predicted molar refractivity (Wildman–Crippen MR) is 18.6 cm³/mol. The van der Waals surface area contributed by atoms with Crippen LogP contribution < -0.4 is 0 Å². The second-order valence-corrected chi connectivity index (χ2v) is 2.87. The second-order valence-electron chi connectivity index (χ2n) is 0.706. The van der Waals surface area contributed by atoms with E-state index in [0.29, 0.717) is 0 Å². The first-order valence-corrected chi connectivity index (χ1v) is 4.79. The van der Waals surface area contributed by atoms with Gasteiger partial charge in [0.25, 0.3) is 0 Å². The average Bonchev–Trinajstić information content (AvgIpc) is 1.12. The van der Waals surface area contributed by atoms with Gasteiger partial charge in [-0.1, -0.05) is 0 Å². The molecule has 0 rings (SSSR count). The molecular formula is H2AgF4O4S. The molecule has 0 saturated heterocycles. The fraction of sp³-hybridized carbons (Fsp3) is 0. The van der Waals surface area contributed by atoms with E-state index in [2.05, 4.69) is 0 Å². The van der Waals surface area contributed by atoms with Crippen molar-refractivity contribution in [2.45, 2.75) is 0 Å². The summed E-state index contributed by atoms with van der Waals surface area (Å²) in [6, 6.07) is 0. The van der Waals surface area contributed by atoms with Crippen LogP contribution in [-0.2, 0) is 29.7 Å². The maximum absolute atomic E-state index is 9.83. The number of rotatable bonds is 0. The maximum atomic E-state index is 9.83. The standard InChI is InChI=1S/Ag.4FH.H2O4S/c;;;;;1-5(2,3)4/h;4*1H;(H2,1,2,3,4)/q+4;;;;;/p-4. The van der Waals surface area contributed by atoms with Gasteiger partial charge in [-0.05, 0) is 0 Å². The Hall–Kier alpha value is 0.330. The van der Waals surface area contributed by atoms with Crippen LogP contribution in [-0.4, -0.2) is 17.5 Å². The molecule has 0 spiro atoms. The van der Waals surface area contributed by atoms with Crippen LogP contribution >= 0.6 is 0 Å². The molecular weight excluding hydrogens is 280 g/mol. The summed E-state index contributed by atoms with van der Waals surface area (Å²) in [6.07, 6.45) is 0. The van der Waals surface area contributed by atoms with Crippen molar-refractivity contribution < 1.29 is 48.9 Å². The van der Waals surface area contributed by atoms with Gasteiger partial charge in [0.05, 0.1) is 0 Å². The van der Waals surface area contributed by atoms with Gasteiger partial charge in [-0.15, -0.1) is 0 Å². The molecule has 0 aliphatic rings. The summed E-state index contributed by atoms with van der Waals surface area (Å²) >= 11 is -6.62. The zero-order valence-corrected chi connectivity index (χ0v) is 6.23. The first-order chi connectivity index (χ1) is 4.00. The van der Waals surface area contributed by atoms with E-state index in [1.165, 1.54) is 0 Å². The third-order valence-corrected chi connectivity index (χ3v) is 0. The molecule has 10 heteroatoms. The van der Waals surface area contributed by atoms with Gasteiger partial charge in [0.15, 0.2) is 0 Å². The van der Waals surface area contributed by atoms with Crippen molar-refractivity contribution >= 4 is 10.4 Å². The topological polar surface area (TPSA) is 74.6 Å². The minimum atomic E-state index is -6.62. The normalized spacial score (nSPS) is 13.4. The molecule has 0 amide bonds. The molecule has 0 bridgehead atoms. The predicted octanol–water partition coefficient (Wildman–Crippen LogP) is 1.03. The third kappa shape index (κ3) is 4100. The van der Waals surface area contributed by atoms with Crippen molar-refractivity contribution in [3.05, 3.63) is 0 Å². The summed E-state index contributed by atoms with van der Waals surface area (Å²) < 4.78 is 70.9. The van der Waals surface area contributed by atoms with Crippen LogP contribution in [0.4, 0.5) is 12.1 Å². The van der Waals surface area contributed by atoms with E-state index in [-0.39, 0.29) is 0 Å². The fourth-order valence-corrected chi connectivity index (χ4v) is 0. The average molecular weight is 282 g/mol. The number of halogens is 4. The Morgan fingerprint density at radius 2 is 1.00 bits per heavy atom. The Labute approximate surface area is 59.8 Å². The molecule has 0 radical (unpaired) electrons. The first-order valence-electron chi connectivity index (χ1n) is 1.15. The van der Waals surface area contributed by atoms with Gasteiger partial charge in [-0.2, -0.15) is 8.42 Å². The van der Waals surface area contributed by atoms with Crippen LogP contribution in [0.2, 0.25) is 0 Å². The van der Waals surface area contributed by atoms with Crippen LogP contribution in [0.25, 0.3) is 0 Å². The van der Waals surface area contributed by atoms with Gasteiger partial charge in [-0.25, -0.2) is 0 Å². The summed E-state index contributed by atoms with van der Waals surface area (Å²) in [7, 11) is -4.67. The molecule has 0 aliphatic carbocycles. The Bertz CT molecular complexity index is 152. The van der Waals surface area contributed by atoms with Crippen molar-refractivity contribution in [2.24, 2.45) is 0 Å². The van der Waals surface area contributed by atoms with Gasteiger partial charge in [0.2, 0.25) is 0 Å². The van der Waals surface area contributed by atoms with E-state index in [0.717, 1.165) is 0 Å². The monoisotopic (exact) mass is 281 g/mol. The molecule has 0 aromatic carbocycles. The van der Waals surface area contributed by atoms with Crippen LogP contribution in [0, 0.1) is 0 Å². The van der Waals surface area contributed by atoms with Crippen LogP contribution in [0.5, 0.6) is 0 Å². The Morgan fingerprint density at radius 3 is 1.00 bits per heavy atom. The van der Waals surface area contributed by atoms with Crippen molar-refractivity contribution in [3.63, 3.8) is 0 Å². The molecule has 0 atom stereocenters. The summed E-state index contributed by atoms with van der Waals surface area (Å²) in [5.74, 6) is 0. The SMILES string of the molecule is O=S(=O)(O)O.[F][Ag]([F])([F])[F]. The molecule has 0 aliphatic heterocycles. The number of hydrogen-bond donors (Lipinski definition) is 2. The zero-order chi connectivity index (χ0) is 9.00. The summed E-state index contributed by atoms with van der Waals surface area (Å²) in [5.41, 5.74) is 0. The van der Waals surface area contributed by atoms with Gasteiger partial charge in [-0.3, -0.25) is 9.11 Å². The first kappa shape index (κ1) is 13.0. The molecule has 4 nitrogen and oxygen atoms in total. The van der Waals surface area contributed by atoms with E-state index < -0.39 is 29.7 Å². The van der Waals surface area contributed by atoms with E-state index in [1.54, 1.807) is 0 Å². The second kappa shape index (κ2) is 4.26. The Balaban J connectivity index is 0. The van der Waals surface area contributed by atoms with Gasteiger partial charge in [0.1, 0.15) is 0 Å². The zero-order valence-electron chi connectivity index (χ0n) is 3.93. The van der Waals surface area contributed by atoms with Gasteiger partial charge in [0, 0.05) is 0 Å². The molecule has 0 aromatic heterocycles. The van der Waals surface area contributed by atoms with E-state index in [1.807, 2.05) is 0 Å². The molecule has 71 valence electrons. The molecule has 2 N–H and O–H groups in total.